The van der Waals surface area contributed by atoms with Crippen LogP contribution in [0.3, 0.4) is 0 Å². The molecule has 1 saturated carbocycles. The van der Waals surface area contributed by atoms with Gasteiger partial charge >= 0.3 is 0 Å². The minimum absolute atomic E-state index is 0.144. The van der Waals surface area contributed by atoms with Crippen LogP contribution in [0.25, 0.3) is 21.5 Å². The zero-order valence-electron chi connectivity index (χ0n) is 26.4. The maximum absolute atomic E-state index is 2.59. The number of fused-ring (bicyclic) bond motifs is 6. The van der Waals surface area contributed by atoms with E-state index >= 15 is 0 Å². The molecule has 3 heteroatoms. The minimum Gasteiger partial charge on any atom is -0.311 e. The van der Waals surface area contributed by atoms with Crippen molar-refractivity contribution in [2.75, 3.05) is 9.80 Å². The van der Waals surface area contributed by atoms with E-state index in [0.717, 1.165) is 0 Å². The van der Waals surface area contributed by atoms with E-state index in [9.17, 15) is 0 Å². The average Bonchev–Trinajstić information content (AvgIpc) is 3.14. The molecule has 0 spiro atoms. The highest BCUT2D eigenvalue weighted by Crippen LogP contribution is 2.48. The second-order valence-electron chi connectivity index (χ2n) is 13.5. The molecule has 0 atom stereocenters. The Bertz CT molecular complexity index is 2170. The second kappa shape index (κ2) is 10.6. The lowest BCUT2D eigenvalue weighted by Crippen LogP contribution is -2.61. The van der Waals surface area contributed by atoms with Crippen LogP contribution >= 0.6 is 0 Å². The highest BCUT2D eigenvalue weighted by Gasteiger charge is 2.44. The summed E-state index contributed by atoms with van der Waals surface area (Å²) in [5, 5.41) is 5.10. The maximum Gasteiger partial charge on any atom is 0.252 e. The van der Waals surface area contributed by atoms with Crippen LogP contribution < -0.4 is 26.2 Å². The Labute approximate surface area is 277 Å². The molecule has 0 bridgehead atoms. The smallest absolute Gasteiger partial charge is 0.252 e. The molecule has 1 aliphatic carbocycles. The average molecular weight is 603 g/mol. The topological polar surface area (TPSA) is 6.48 Å². The van der Waals surface area contributed by atoms with Gasteiger partial charge in [-0.2, -0.15) is 0 Å². The summed E-state index contributed by atoms with van der Waals surface area (Å²) < 4.78 is 0. The normalized spacial score (nSPS) is 15.4. The Morgan fingerprint density at radius 2 is 0.872 bits per heavy atom. The summed E-state index contributed by atoms with van der Waals surface area (Å²) in [5.74, 6) is 0.571. The van der Waals surface area contributed by atoms with E-state index < -0.39 is 0 Å². The minimum atomic E-state index is 0.144. The molecule has 0 saturated heterocycles. The number of nitrogens with zero attached hydrogens (tertiary/aromatic N) is 2. The Balaban J connectivity index is 1.34. The van der Waals surface area contributed by atoms with Crippen LogP contribution in [0, 0.1) is 0 Å². The van der Waals surface area contributed by atoms with Crippen molar-refractivity contribution in [3.8, 4) is 0 Å². The molecule has 0 unspecified atom stereocenters. The lowest BCUT2D eigenvalue weighted by Gasteiger charge is -2.45. The van der Waals surface area contributed by atoms with Crippen LogP contribution in [0.4, 0.5) is 34.1 Å². The highest BCUT2D eigenvalue weighted by molar-refractivity contribution is 7.00. The predicted molar refractivity (Wildman–Crippen MR) is 201 cm³/mol. The summed E-state index contributed by atoms with van der Waals surface area (Å²) in [7, 11) is 0. The Kier molecular flexibility index (Phi) is 6.09. The molecule has 7 aromatic rings. The fraction of sp³-hybridized carbons (Fsp3) is 0.136. The first kappa shape index (κ1) is 26.9. The molecular weight excluding hydrogens is 567 g/mol. The molecule has 10 rings (SSSR count). The van der Waals surface area contributed by atoms with Crippen LogP contribution in [0.1, 0.15) is 43.6 Å². The number of rotatable bonds is 3. The van der Waals surface area contributed by atoms with Gasteiger partial charge in [-0.3, -0.25) is 0 Å². The van der Waals surface area contributed by atoms with E-state index in [2.05, 4.69) is 155 Å². The number of para-hydroxylation sites is 2. The number of benzene rings is 7. The first-order chi connectivity index (χ1) is 23.3. The molecule has 47 heavy (non-hydrogen) atoms. The van der Waals surface area contributed by atoms with Gasteiger partial charge in [0.1, 0.15) is 0 Å². The predicted octanol–water partition coefficient (Wildman–Crippen LogP) is 10.1. The van der Waals surface area contributed by atoms with Gasteiger partial charge in [-0.05, 0) is 87.9 Å². The summed E-state index contributed by atoms with van der Waals surface area (Å²) in [6, 6.07) is 54.7. The van der Waals surface area contributed by atoms with Crippen molar-refractivity contribution >= 4 is 78.8 Å². The highest BCUT2D eigenvalue weighted by atomic mass is 15.2. The van der Waals surface area contributed by atoms with Gasteiger partial charge < -0.3 is 9.80 Å². The molecule has 0 N–H and O–H groups in total. The van der Waals surface area contributed by atoms with Crippen LogP contribution in [-0.4, -0.2) is 6.71 Å². The van der Waals surface area contributed by atoms with Crippen LogP contribution in [0.2, 0.25) is 0 Å². The van der Waals surface area contributed by atoms with Crippen molar-refractivity contribution in [2.45, 2.75) is 38.0 Å². The summed E-state index contributed by atoms with van der Waals surface area (Å²) >= 11 is 0. The van der Waals surface area contributed by atoms with Crippen molar-refractivity contribution in [1.82, 2.24) is 0 Å². The Hall–Kier alpha value is -5.28. The van der Waals surface area contributed by atoms with Crippen LogP contribution in [0.15, 0.2) is 146 Å². The van der Waals surface area contributed by atoms with E-state index in [1.807, 2.05) is 0 Å². The van der Waals surface area contributed by atoms with Gasteiger partial charge in [-0.15, -0.1) is 0 Å². The SMILES string of the molecule is c1ccc2c(c1)B1c3ccccc3N(c3cccc4ccccc34)c3cc(C4CCCCC4)cc(c31)N2c1cccc2ccccc12. The van der Waals surface area contributed by atoms with Gasteiger partial charge in [0.2, 0.25) is 0 Å². The lowest BCUT2D eigenvalue weighted by atomic mass is 9.33. The van der Waals surface area contributed by atoms with E-state index in [0.29, 0.717) is 5.92 Å². The van der Waals surface area contributed by atoms with Gasteiger partial charge in [0, 0.05) is 33.5 Å². The van der Waals surface area contributed by atoms with Gasteiger partial charge in [0.25, 0.3) is 6.71 Å². The molecule has 0 amide bonds. The fourth-order valence-corrected chi connectivity index (χ4v) is 8.92. The van der Waals surface area contributed by atoms with Gasteiger partial charge in [0.15, 0.2) is 0 Å². The van der Waals surface area contributed by atoms with Crippen LogP contribution in [-0.2, 0) is 0 Å². The third-order valence-electron chi connectivity index (χ3n) is 11.0. The van der Waals surface area contributed by atoms with E-state index in [1.54, 1.807) is 0 Å². The third-order valence-corrected chi connectivity index (χ3v) is 11.0. The molecule has 0 aromatic heterocycles. The zero-order chi connectivity index (χ0) is 30.9. The lowest BCUT2D eigenvalue weighted by molar-refractivity contribution is 0.444. The van der Waals surface area contributed by atoms with Gasteiger partial charge in [-0.25, -0.2) is 0 Å². The molecule has 224 valence electrons. The maximum atomic E-state index is 2.59. The number of anilines is 6. The molecule has 0 radical (unpaired) electrons. The van der Waals surface area contributed by atoms with Crippen molar-refractivity contribution in [3.05, 3.63) is 151 Å². The summed E-state index contributed by atoms with van der Waals surface area (Å²) in [6.07, 6.45) is 6.49. The third kappa shape index (κ3) is 4.05. The number of hydrogen-bond acceptors (Lipinski definition) is 2. The monoisotopic (exact) mass is 602 g/mol. The first-order valence-electron chi connectivity index (χ1n) is 17.3. The Morgan fingerprint density at radius 1 is 0.426 bits per heavy atom. The van der Waals surface area contributed by atoms with Gasteiger partial charge in [-0.1, -0.05) is 128 Å². The summed E-state index contributed by atoms with van der Waals surface area (Å²) in [4.78, 5) is 5.18. The molecule has 2 nitrogen and oxygen atoms in total. The van der Waals surface area contributed by atoms with Crippen LogP contribution in [0.5, 0.6) is 0 Å². The summed E-state index contributed by atoms with van der Waals surface area (Å²) in [6.45, 7) is 0.144. The summed E-state index contributed by atoms with van der Waals surface area (Å²) in [5.41, 5.74) is 13.3. The van der Waals surface area contributed by atoms with E-state index in [-0.39, 0.29) is 6.71 Å². The molecule has 7 aromatic carbocycles. The quantitative estimate of drug-likeness (QED) is 0.186. The number of hydrogen-bond donors (Lipinski definition) is 0. The van der Waals surface area contributed by atoms with E-state index in [1.165, 1.54) is 110 Å². The standard InChI is InChI=1S/C44H35BN2/c1-2-14-30(15-3-1)33-28-42-44-43(29-33)47(39-27-13-19-32-17-5-7-21-35(32)39)41-25-11-9-23-37(41)45(44)36-22-8-10-24-40(36)46(42)38-26-12-18-31-16-4-6-20-34(31)38/h4-13,16-30H,1-3,14-15H2. The Morgan fingerprint density at radius 3 is 1.43 bits per heavy atom. The van der Waals surface area contributed by atoms with Gasteiger partial charge in [0.05, 0.1) is 11.4 Å². The zero-order valence-corrected chi connectivity index (χ0v) is 26.4. The van der Waals surface area contributed by atoms with Crippen molar-refractivity contribution in [2.24, 2.45) is 0 Å². The van der Waals surface area contributed by atoms with Crippen molar-refractivity contribution < 1.29 is 0 Å². The van der Waals surface area contributed by atoms with E-state index in [4.69, 9.17) is 0 Å². The van der Waals surface area contributed by atoms with Crippen molar-refractivity contribution in [3.63, 3.8) is 0 Å². The molecule has 2 heterocycles. The fourth-order valence-electron chi connectivity index (χ4n) is 8.92. The largest absolute Gasteiger partial charge is 0.311 e. The molecule has 2 aliphatic heterocycles. The first-order valence-corrected chi connectivity index (χ1v) is 17.3. The van der Waals surface area contributed by atoms with Crippen molar-refractivity contribution in [1.29, 1.82) is 0 Å². The molecule has 3 aliphatic rings. The molecular formula is C44H35BN2. The second-order valence-corrected chi connectivity index (χ2v) is 13.5. The molecule has 1 fully saturated rings.